The van der Waals surface area contributed by atoms with Gasteiger partial charge in [-0.1, -0.05) is 27.7 Å². The van der Waals surface area contributed by atoms with Crippen LogP contribution in [0.1, 0.15) is 63.0 Å². The molecule has 0 saturated heterocycles. The summed E-state index contributed by atoms with van der Waals surface area (Å²) < 4.78 is 0. The van der Waals surface area contributed by atoms with Crippen molar-refractivity contribution in [2.24, 2.45) is 5.92 Å². The number of aromatic carboxylic acids is 1. The molecule has 0 aromatic carbocycles. The number of carboxylic acids is 1. The quantitative estimate of drug-likeness (QED) is 0.860. The zero-order valence-corrected chi connectivity index (χ0v) is 13.3. The van der Waals surface area contributed by atoms with Gasteiger partial charge in [0.05, 0.1) is 5.56 Å². The van der Waals surface area contributed by atoms with Crippen molar-refractivity contribution in [1.82, 2.24) is 4.98 Å². The smallest absolute Gasteiger partial charge is 0.335 e. The lowest BCUT2D eigenvalue weighted by molar-refractivity contribution is 0.0696. The standard InChI is InChI=1S/C16H26N2O2/c1-10(2)7-12(5)18(6)15-9-13(16(19)20)8-14(17-15)11(3)4/h8-12H,7H2,1-6H3,(H,19,20). The summed E-state index contributed by atoms with van der Waals surface area (Å²) in [6.45, 7) is 10.6. The summed E-state index contributed by atoms with van der Waals surface area (Å²) in [6.07, 6.45) is 1.05. The summed E-state index contributed by atoms with van der Waals surface area (Å²) in [5.41, 5.74) is 1.13. The minimum atomic E-state index is -0.902. The number of nitrogens with zero attached hydrogens (tertiary/aromatic N) is 2. The van der Waals surface area contributed by atoms with Gasteiger partial charge >= 0.3 is 5.97 Å². The molecule has 1 aromatic heterocycles. The first kappa shape index (κ1) is 16.5. The Morgan fingerprint density at radius 2 is 1.85 bits per heavy atom. The van der Waals surface area contributed by atoms with Crippen molar-refractivity contribution >= 4 is 11.8 Å². The first-order chi connectivity index (χ1) is 9.22. The molecule has 0 radical (unpaired) electrons. The molecule has 1 atom stereocenters. The lowest BCUT2D eigenvalue weighted by atomic mass is 10.0. The van der Waals surface area contributed by atoms with Crippen LogP contribution in [0.4, 0.5) is 5.82 Å². The van der Waals surface area contributed by atoms with Crippen molar-refractivity contribution in [1.29, 1.82) is 0 Å². The molecular formula is C16H26N2O2. The summed E-state index contributed by atoms with van der Waals surface area (Å²) in [5.74, 6) is 0.642. The van der Waals surface area contributed by atoms with Crippen molar-refractivity contribution in [3.63, 3.8) is 0 Å². The van der Waals surface area contributed by atoms with Gasteiger partial charge in [-0.25, -0.2) is 9.78 Å². The first-order valence-corrected chi connectivity index (χ1v) is 7.20. The lowest BCUT2D eigenvalue weighted by Crippen LogP contribution is -2.31. The fourth-order valence-corrected chi connectivity index (χ4v) is 2.20. The Morgan fingerprint density at radius 3 is 2.30 bits per heavy atom. The summed E-state index contributed by atoms with van der Waals surface area (Å²) in [7, 11) is 1.98. The Labute approximate surface area is 121 Å². The molecule has 112 valence electrons. The van der Waals surface area contributed by atoms with E-state index in [9.17, 15) is 9.90 Å². The third kappa shape index (κ3) is 4.22. The molecule has 0 amide bonds. The van der Waals surface area contributed by atoms with E-state index >= 15 is 0 Å². The van der Waals surface area contributed by atoms with Gasteiger partial charge in [-0.05, 0) is 37.3 Å². The Morgan fingerprint density at radius 1 is 1.25 bits per heavy atom. The predicted octanol–water partition coefficient (Wildman–Crippen LogP) is 3.77. The summed E-state index contributed by atoms with van der Waals surface area (Å²) >= 11 is 0. The van der Waals surface area contributed by atoms with E-state index in [2.05, 4.69) is 30.7 Å². The van der Waals surface area contributed by atoms with Crippen LogP contribution in [0.2, 0.25) is 0 Å². The average Bonchev–Trinajstić information content (AvgIpc) is 2.36. The fourth-order valence-electron chi connectivity index (χ4n) is 2.20. The zero-order chi connectivity index (χ0) is 15.4. The van der Waals surface area contributed by atoms with E-state index in [0.717, 1.165) is 17.9 Å². The van der Waals surface area contributed by atoms with Gasteiger partial charge in [0, 0.05) is 18.8 Å². The maximum atomic E-state index is 11.3. The highest BCUT2D eigenvalue weighted by molar-refractivity contribution is 5.88. The molecule has 1 heterocycles. The van der Waals surface area contributed by atoms with E-state index in [4.69, 9.17) is 0 Å². The van der Waals surface area contributed by atoms with Gasteiger partial charge < -0.3 is 10.0 Å². The van der Waals surface area contributed by atoms with Gasteiger partial charge in [-0.3, -0.25) is 0 Å². The molecular weight excluding hydrogens is 252 g/mol. The number of aromatic nitrogens is 1. The number of hydrogen-bond donors (Lipinski definition) is 1. The zero-order valence-electron chi connectivity index (χ0n) is 13.3. The Bertz CT molecular complexity index is 470. The Hall–Kier alpha value is -1.58. The Kier molecular flexibility index (Phi) is 5.54. The minimum Gasteiger partial charge on any atom is -0.478 e. The first-order valence-electron chi connectivity index (χ1n) is 7.20. The highest BCUT2D eigenvalue weighted by Crippen LogP contribution is 2.22. The van der Waals surface area contributed by atoms with E-state index in [1.165, 1.54) is 0 Å². The van der Waals surface area contributed by atoms with E-state index in [1.807, 2.05) is 20.9 Å². The van der Waals surface area contributed by atoms with Crippen LogP contribution in [0.25, 0.3) is 0 Å². The van der Waals surface area contributed by atoms with Crippen LogP contribution in [-0.2, 0) is 0 Å². The third-order valence-corrected chi connectivity index (χ3v) is 3.51. The Balaban J connectivity index is 3.12. The van der Waals surface area contributed by atoms with Crippen LogP contribution in [0.3, 0.4) is 0 Å². The van der Waals surface area contributed by atoms with Crippen molar-refractivity contribution < 1.29 is 9.90 Å². The van der Waals surface area contributed by atoms with Crippen LogP contribution in [0, 0.1) is 5.92 Å². The van der Waals surface area contributed by atoms with Crippen LogP contribution in [0.5, 0.6) is 0 Å². The number of carbonyl (C=O) groups is 1. The summed E-state index contributed by atoms with van der Waals surface area (Å²) in [5, 5.41) is 9.24. The van der Waals surface area contributed by atoms with Gasteiger partial charge in [-0.15, -0.1) is 0 Å². The minimum absolute atomic E-state index is 0.210. The highest BCUT2D eigenvalue weighted by atomic mass is 16.4. The average molecular weight is 278 g/mol. The molecule has 0 fully saturated rings. The molecule has 1 aromatic rings. The topological polar surface area (TPSA) is 53.4 Å². The van der Waals surface area contributed by atoms with Crippen molar-refractivity contribution in [2.75, 3.05) is 11.9 Å². The molecule has 1 N–H and O–H groups in total. The second-order valence-electron chi connectivity index (χ2n) is 6.19. The van der Waals surface area contributed by atoms with Crippen LogP contribution < -0.4 is 4.90 Å². The molecule has 1 rings (SSSR count). The van der Waals surface area contributed by atoms with Crippen molar-refractivity contribution in [2.45, 2.75) is 53.0 Å². The molecule has 0 saturated carbocycles. The van der Waals surface area contributed by atoms with Gasteiger partial charge in [0.25, 0.3) is 0 Å². The molecule has 20 heavy (non-hydrogen) atoms. The number of carboxylic acid groups (broad SMARTS) is 1. The van der Waals surface area contributed by atoms with Crippen LogP contribution in [0.15, 0.2) is 12.1 Å². The van der Waals surface area contributed by atoms with E-state index < -0.39 is 5.97 Å². The molecule has 1 unspecified atom stereocenters. The SMILES string of the molecule is CC(C)CC(C)N(C)c1cc(C(=O)O)cc(C(C)C)n1. The lowest BCUT2D eigenvalue weighted by Gasteiger charge is -2.28. The van der Waals surface area contributed by atoms with Gasteiger partial charge in [0.2, 0.25) is 0 Å². The maximum Gasteiger partial charge on any atom is 0.335 e. The second kappa shape index (κ2) is 6.73. The summed E-state index contributed by atoms with van der Waals surface area (Å²) in [6, 6.07) is 3.65. The maximum absolute atomic E-state index is 11.3. The predicted molar refractivity (Wildman–Crippen MR) is 82.6 cm³/mol. The third-order valence-electron chi connectivity index (χ3n) is 3.51. The number of anilines is 1. The van der Waals surface area contributed by atoms with E-state index in [-0.39, 0.29) is 5.92 Å². The van der Waals surface area contributed by atoms with Gasteiger partial charge in [-0.2, -0.15) is 0 Å². The molecule has 0 aliphatic rings. The molecule has 0 bridgehead atoms. The second-order valence-corrected chi connectivity index (χ2v) is 6.19. The normalized spacial score (nSPS) is 12.8. The van der Waals surface area contributed by atoms with Crippen molar-refractivity contribution in [3.05, 3.63) is 23.4 Å². The molecule has 0 aliphatic carbocycles. The fraction of sp³-hybridized carbons (Fsp3) is 0.625. The van der Waals surface area contributed by atoms with Crippen LogP contribution in [-0.4, -0.2) is 29.1 Å². The number of pyridine rings is 1. The van der Waals surface area contributed by atoms with Crippen molar-refractivity contribution in [3.8, 4) is 0 Å². The highest BCUT2D eigenvalue weighted by Gasteiger charge is 2.17. The monoisotopic (exact) mass is 278 g/mol. The van der Waals surface area contributed by atoms with E-state index in [0.29, 0.717) is 17.5 Å². The van der Waals surface area contributed by atoms with Crippen LogP contribution >= 0.6 is 0 Å². The number of hydrogen-bond acceptors (Lipinski definition) is 3. The number of rotatable bonds is 6. The largest absolute Gasteiger partial charge is 0.478 e. The van der Waals surface area contributed by atoms with E-state index in [1.54, 1.807) is 12.1 Å². The summed E-state index contributed by atoms with van der Waals surface area (Å²) in [4.78, 5) is 17.9. The van der Waals surface area contributed by atoms with Gasteiger partial charge in [0.15, 0.2) is 0 Å². The molecule has 4 nitrogen and oxygen atoms in total. The van der Waals surface area contributed by atoms with Gasteiger partial charge in [0.1, 0.15) is 5.82 Å². The molecule has 0 aliphatic heterocycles. The molecule has 0 spiro atoms. The molecule has 4 heteroatoms.